The molecule has 6 N–H and O–H groups in total. The van der Waals surface area contributed by atoms with E-state index in [2.05, 4.69) is 50.6 Å². The van der Waals surface area contributed by atoms with Crippen LogP contribution in [0.4, 0.5) is 17.6 Å². The summed E-state index contributed by atoms with van der Waals surface area (Å²) in [5.41, 5.74) is 16.9. The van der Waals surface area contributed by atoms with Crippen molar-refractivity contribution in [2.45, 2.75) is 13.3 Å². The molecule has 2 aromatic heterocycles. The molecule has 0 fully saturated rings. The van der Waals surface area contributed by atoms with E-state index < -0.39 is 0 Å². The molecule has 0 amide bonds. The molecule has 4 aromatic rings. The Hall–Kier alpha value is -3.61. The molecule has 136 valence electrons. The molecule has 0 aliphatic carbocycles. The third-order valence-corrected chi connectivity index (χ3v) is 4.59. The van der Waals surface area contributed by atoms with Gasteiger partial charge in [0.25, 0.3) is 0 Å². The van der Waals surface area contributed by atoms with Crippen molar-refractivity contribution in [1.29, 1.82) is 0 Å². The molecular formula is C20H21N7. The van der Waals surface area contributed by atoms with Crippen molar-refractivity contribution in [3.63, 3.8) is 0 Å². The van der Waals surface area contributed by atoms with Gasteiger partial charge in [-0.2, -0.15) is 10.1 Å². The van der Waals surface area contributed by atoms with E-state index in [1.807, 2.05) is 30.3 Å². The molecule has 0 aliphatic rings. The highest BCUT2D eigenvalue weighted by molar-refractivity contribution is 5.91. The van der Waals surface area contributed by atoms with Crippen molar-refractivity contribution in [3.05, 3.63) is 59.7 Å². The second-order valence-electron chi connectivity index (χ2n) is 6.47. The number of hydrogen-bond acceptors (Lipinski definition) is 6. The van der Waals surface area contributed by atoms with E-state index in [1.165, 1.54) is 11.1 Å². The van der Waals surface area contributed by atoms with Gasteiger partial charge in [-0.25, -0.2) is 4.98 Å². The monoisotopic (exact) mass is 359 g/mol. The molecule has 0 bridgehead atoms. The van der Waals surface area contributed by atoms with Crippen LogP contribution in [0.1, 0.15) is 11.1 Å². The Balaban J connectivity index is 1.54. The zero-order valence-electron chi connectivity index (χ0n) is 15.0. The Morgan fingerprint density at radius 1 is 1.04 bits per heavy atom. The van der Waals surface area contributed by atoms with E-state index in [0.717, 1.165) is 35.1 Å². The number of rotatable bonds is 5. The SMILES string of the molecule is Cc1ccccc1CCNc1cc(-c2ccc3c(N)n[nH]c3c2)nc(N)n1. The standard InChI is InChI=1S/C20H21N7/c1-12-4-2-3-5-13(12)8-9-23-18-11-16(24-20(22)25-18)14-6-7-15-17(10-14)26-27-19(15)21/h2-7,10-11H,8-9H2,1H3,(H3,21,26,27)(H3,22,23,24,25). The van der Waals surface area contributed by atoms with E-state index in [1.54, 1.807) is 0 Å². The molecule has 4 rings (SSSR count). The van der Waals surface area contributed by atoms with Gasteiger partial charge < -0.3 is 16.8 Å². The Morgan fingerprint density at radius 2 is 1.89 bits per heavy atom. The zero-order valence-corrected chi connectivity index (χ0v) is 15.0. The van der Waals surface area contributed by atoms with Gasteiger partial charge in [0, 0.05) is 23.6 Å². The minimum Gasteiger partial charge on any atom is -0.382 e. The van der Waals surface area contributed by atoms with Gasteiger partial charge in [-0.05, 0) is 36.6 Å². The number of nitrogens with two attached hydrogens (primary N) is 2. The first-order chi connectivity index (χ1) is 13.1. The summed E-state index contributed by atoms with van der Waals surface area (Å²) in [6, 6.07) is 16.1. The molecule has 0 saturated carbocycles. The minimum absolute atomic E-state index is 0.232. The molecule has 0 saturated heterocycles. The molecule has 0 atom stereocenters. The fraction of sp³-hybridized carbons (Fsp3) is 0.150. The molecule has 2 heterocycles. The van der Waals surface area contributed by atoms with Gasteiger partial charge in [0.2, 0.25) is 5.95 Å². The van der Waals surface area contributed by atoms with Crippen LogP contribution in [0.15, 0.2) is 48.5 Å². The van der Waals surface area contributed by atoms with E-state index in [-0.39, 0.29) is 5.95 Å². The highest BCUT2D eigenvalue weighted by atomic mass is 15.1. The summed E-state index contributed by atoms with van der Waals surface area (Å²) in [6.45, 7) is 2.88. The van der Waals surface area contributed by atoms with Crippen LogP contribution in [0, 0.1) is 6.92 Å². The summed E-state index contributed by atoms with van der Waals surface area (Å²) < 4.78 is 0. The fourth-order valence-electron chi connectivity index (χ4n) is 3.12. The summed E-state index contributed by atoms with van der Waals surface area (Å²) in [5.74, 6) is 1.42. The predicted molar refractivity (Wildman–Crippen MR) is 109 cm³/mol. The van der Waals surface area contributed by atoms with E-state index in [4.69, 9.17) is 11.5 Å². The first-order valence-electron chi connectivity index (χ1n) is 8.77. The minimum atomic E-state index is 0.232. The molecule has 27 heavy (non-hydrogen) atoms. The third kappa shape index (κ3) is 3.52. The normalized spacial score (nSPS) is 11.0. The maximum absolute atomic E-state index is 5.92. The van der Waals surface area contributed by atoms with Crippen LogP contribution in [0.3, 0.4) is 0 Å². The number of nitrogens with one attached hydrogen (secondary N) is 2. The number of aryl methyl sites for hydroxylation is 1. The van der Waals surface area contributed by atoms with E-state index in [9.17, 15) is 0 Å². The average Bonchev–Trinajstić information content (AvgIpc) is 3.03. The van der Waals surface area contributed by atoms with Crippen molar-refractivity contribution in [2.75, 3.05) is 23.3 Å². The lowest BCUT2D eigenvalue weighted by Crippen LogP contribution is -2.09. The van der Waals surface area contributed by atoms with Gasteiger partial charge >= 0.3 is 0 Å². The lowest BCUT2D eigenvalue weighted by Gasteiger charge is -2.10. The number of aromatic nitrogens is 4. The lowest BCUT2D eigenvalue weighted by atomic mass is 10.1. The van der Waals surface area contributed by atoms with Crippen LogP contribution in [-0.4, -0.2) is 26.7 Å². The third-order valence-electron chi connectivity index (χ3n) is 4.59. The van der Waals surface area contributed by atoms with Gasteiger partial charge in [-0.3, -0.25) is 5.10 Å². The summed E-state index contributed by atoms with van der Waals surface area (Å²) in [5, 5.41) is 11.2. The second kappa shape index (κ2) is 6.95. The van der Waals surface area contributed by atoms with Crippen molar-refractivity contribution in [2.24, 2.45) is 0 Å². The number of benzene rings is 2. The Kier molecular flexibility index (Phi) is 4.33. The van der Waals surface area contributed by atoms with Crippen LogP contribution in [0.5, 0.6) is 0 Å². The van der Waals surface area contributed by atoms with Crippen molar-refractivity contribution in [3.8, 4) is 11.3 Å². The summed E-state index contributed by atoms with van der Waals surface area (Å²) in [7, 11) is 0. The second-order valence-corrected chi connectivity index (χ2v) is 6.47. The maximum atomic E-state index is 5.92. The van der Waals surface area contributed by atoms with E-state index in [0.29, 0.717) is 11.6 Å². The molecule has 0 aliphatic heterocycles. The van der Waals surface area contributed by atoms with Gasteiger partial charge in [0.15, 0.2) is 5.82 Å². The topological polar surface area (TPSA) is 119 Å². The largest absolute Gasteiger partial charge is 0.382 e. The number of aromatic amines is 1. The Morgan fingerprint density at radius 3 is 2.74 bits per heavy atom. The van der Waals surface area contributed by atoms with Crippen molar-refractivity contribution >= 4 is 28.5 Å². The van der Waals surface area contributed by atoms with Crippen molar-refractivity contribution < 1.29 is 0 Å². The molecule has 7 nitrogen and oxygen atoms in total. The number of nitrogens with zero attached hydrogens (tertiary/aromatic N) is 3. The van der Waals surface area contributed by atoms with Crippen molar-refractivity contribution in [1.82, 2.24) is 20.2 Å². The summed E-state index contributed by atoms with van der Waals surface area (Å²) >= 11 is 0. The van der Waals surface area contributed by atoms with Gasteiger partial charge in [-0.1, -0.05) is 30.3 Å². The number of fused-ring (bicyclic) bond motifs is 1. The Labute approximate surface area is 156 Å². The van der Waals surface area contributed by atoms with E-state index >= 15 is 0 Å². The highest BCUT2D eigenvalue weighted by Gasteiger charge is 2.08. The smallest absolute Gasteiger partial charge is 0.222 e. The molecule has 0 spiro atoms. The first kappa shape index (κ1) is 16.8. The summed E-state index contributed by atoms with van der Waals surface area (Å²) in [4.78, 5) is 8.65. The number of hydrogen-bond donors (Lipinski definition) is 4. The quantitative estimate of drug-likeness (QED) is 0.435. The molecule has 0 unspecified atom stereocenters. The summed E-state index contributed by atoms with van der Waals surface area (Å²) in [6.07, 6.45) is 0.908. The molecule has 0 radical (unpaired) electrons. The average molecular weight is 359 g/mol. The number of nitrogen functional groups attached to an aromatic ring is 2. The first-order valence-corrected chi connectivity index (χ1v) is 8.77. The number of H-pyrrole nitrogens is 1. The fourth-order valence-corrected chi connectivity index (χ4v) is 3.12. The highest BCUT2D eigenvalue weighted by Crippen LogP contribution is 2.26. The predicted octanol–water partition coefficient (Wildman–Crippen LogP) is 3.15. The lowest BCUT2D eigenvalue weighted by molar-refractivity contribution is 0.990. The van der Waals surface area contributed by atoms with Crippen LogP contribution < -0.4 is 16.8 Å². The van der Waals surface area contributed by atoms with Crippen LogP contribution in [0.25, 0.3) is 22.2 Å². The van der Waals surface area contributed by atoms with Gasteiger partial charge in [0.1, 0.15) is 5.82 Å². The van der Waals surface area contributed by atoms with Crippen LogP contribution in [-0.2, 0) is 6.42 Å². The Bertz CT molecular complexity index is 1100. The van der Waals surface area contributed by atoms with Gasteiger partial charge in [0.05, 0.1) is 11.2 Å². The van der Waals surface area contributed by atoms with Gasteiger partial charge in [-0.15, -0.1) is 0 Å². The van der Waals surface area contributed by atoms with Crippen LogP contribution in [0.2, 0.25) is 0 Å². The molecule has 7 heteroatoms. The molecule has 2 aromatic carbocycles. The van der Waals surface area contributed by atoms with Crippen LogP contribution >= 0.6 is 0 Å². The zero-order chi connectivity index (χ0) is 18.8. The maximum Gasteiger partial charge on any atom is 0.222 e. The molecular weight excluding hydrogens is 338 g/mol. The number of anilines is 3.